The molecule has 1 heterocycles. The predicted molar refractivity (Wildman–Crippen MR) is 66.3 cm³/mol. The SMILES string of the molecule is CC(C)CC(C(N)=O)[N+]1(O)CCC(CC(N)=O)C1=O. The number of amides is 3. The third kappa shape index (κ3) is 3.30. The van der Waals surface area contributed by atoms with E-state index in [0.717, 1.165) is 0 Å². The molecule has 3 atom stereocenters. The molecule has 0 saturated carbocycles. The fourth-order valence-electron chi connectivity index (χ4n) is 2.59. The van der Waals surface area contributed by atoms with Crippen LogP contribution < -0.4 is 11.5 Å². The molecule has 5 N–H and O–H groups in total. The van der Waals surface area contributed by atoms with Crippen molar-refractivity contribution in [1.82, 2.24) is 0 Å². The minimum Gasteiger partial charge on any atom is -0.370 e. The van der Waals surface area contributed by atoms with Crippen molar-refractivity contribution in [2.45, 2.75) is 39.2 Å². The minimum atomic E-state index is -0.995. The average Bonchev–Trinajstić information content (AvgIpc) is 2.54. The van der Waals surface area contributed by atoms with Crippen molar-refractivity contribution in [3.63, 3.8) is 0 Å². The Kier molecular flexibility index (Phi) is 4.65. The van der Waals surface area contributed by atoms with E-state index in [0.29, 0.717) is 12.8 Å². The molecule has 0 aromatic carbocycles. The average molecular weight is 272 g/mol. The van der Waals surface area contributed by atoms with Crippen LogP contribution in [-0.2, 0) is 14.4 Å². The lowest BCUT2D eigenvalue weighted by Gasteiger charge is -2.30. The number of carbonyl (C=O) groups excluding carboxylic acids is 3. The third-order valence-corrected chi connectivity index (χ3v) is 3.54. The van der Waals surface area contributed by atoms with E-state index in [1.54, 1.807) is 0 Å². The zero-order chi connectivity index (χ0) is 14.8. The van der Waals surface area contributed by atoms with Gasteiger partial charge in [-0.2, -0.15) is 0 Å². The maximum atomic E-state index is 12.2. The number of rotatable bonds is 6. The Bertz CT molecular complexity index is 396. The van der Waals surface area contributed by atoms with E-state index in [1.165, 1.54) is 0 Å². The van der Waals surface area contributed by atoms with Crippen LogP contribution in [0.2, 0.25) is 0 Å². The van der Waals surface area contributed by atoms with E-state index >= 15 is 0 Å². The molecule has 0 spiro atoms. The maximum absolute atomic E-state index is 12.2. The second kappa shape index (κ2) is 5.66. The van der Waals surface area contributed by atoms with Gasteiger partial charge in [-0.25, -0.2) is 10.0 Å². The number of nitrogens with two attached hydrogens (primary N) is 2. The van der Waals surface area contributed by atoms with Crippen molar-refractivity contribution in [3.05, 3.63) is 0 Å². The standard InChI is InChI=1S/C12H21N3O4/c1-7(2)5-9(11(14)17)15(19)4-3-8(12(15)18)6-10(13)16/h7-9,19H,3-6H2,1-2H3,(H3-,13,14,16,17)/p+1. The molecule has 7 nitrogen and oxygen atoms in total. The molecule has 19 heavy (non-hydrogen) atoms. The Balaban J connectivity index is 2.93. The topological polar surface area (TPSA) is 123 Å². The number of primary amides is 2. The van der Waals surface area contributed by atoms with Gasteiger partial charge in [0, 0.05) is 19.3 Å². The fourth-order valence-corrected chi connectivity index (χ4v) is 2.59. The van der Waals surface area contributed by atoms with Gasteiger partial charge in [0.15, 0.2) is 0 Å². The van der Waals surface area contributed by atoms with Crippen molar-refractivity contribution < 1.29 is 24.2 Å². The van der Waals surface area contributed by atoms with Gasteiger partial charge >= 0.3 is 5.91 Å². The largest absolute Gasteiger partial charge is 0.370 e. The molecule has 7 heteroatoms. The molecule has 1 rings (SSSR count). The van der Waals surface area contributed by atoms with Gasteiger partial charge in [-0.3, -0.25) is 9.59 Å². The Morgan fingerprint density at radius 1 is 1.42 bits per heavy atom. The van der Waals surface area contributed by atoms with E-state index in [4.69, 9.17) is 11.5 Å². The summed E-state index contributed by atoms with van der Waals surface area (Å²) in [6.07, 6.45) is 0.549. The molecule has 0 radical (unpaired) electrons. The molecule has 3 unspecified atom stereocenters. The quantitative estimate of drug-likeness (QED) is 0.446. The summed E-state index contributed by atoms with van der Waals surface area (Å²) in [6, 6.07) is -0.967. The number of hydrogen-bond donors (Lipinski definition) is 3. The highest BCUT2D eigenvalue weighted by Crippen LogP contribution is 2.31. The molecule has 3 amide bonds. The molecule has 108 valence electrons. The lowest BCUT2D eigenvalue weighted by molar-refractivity contribution is -1.05. The molecular formula is C12H22N3O4+. The number of carbonyl (C=O) groups is 3. The number of hydroxylamine groups is 3. The van der Waals surface area contributed by atoms with Crippen LogP contribution in [0.3, 0.4) is 0 Å². The molecule has 0 bridgehead atoms. The summed E-state index contributed by atoms with van der Waals surface area (Å²) in [5, 5.41) is 10.5. The minimum absolute atomic E-state index is 0.0944. The van der Waals surface area contributed by atoms with Gasteiger partial charge < -0.3 is 11.5 Å². The van der Waals surface area contributed by atoms with Crippen LogP contribution in [0.4, 0.5) is 0 Å². The van der Waals surface area contributed by atoms with Gasteiger partial charge in [0.05, 0.1) is 5.92 Å². The summed E-state index contributed by atoms with van der Waals surface area (Å²) in [6.45, 7) is 3.85. The Morgan fingerprint density at radius 3 is 2.42 bits per heavy atom. The summed E-state index contributed by atoms with van der Waals surface area (Å²) in [4.78, 5) is 34.6. The molecule has 1 saturated heterocycles. The summed E-state index contributed by atoms with van der Waals surface area (Å²) >= 11 is 0. The number of quaternary nitrogens is 1. The van der Waals surface area contributed by atoms with Crippen molar-refractivity contribution in [3.8, 4) is 0 Å². The number of likely N-dealkylation sites (tertiary alicyclic amines) is 1. The van der Waals surface area contributed by atoms with Crippen LogP contribution in [0.1, 0.15) is 33.1 Å². The van der Waals surface area contributed by atoms with E-state index in [1.807, 2.05) is 13.8 Å². The predicted octanol–water partition coefficient (Wildman–Crippen LogP) is -0.486. The van der Waals surface area contributed by atoms with Crippen LogP contribution in [0.25, 0.3) is 0 Å². The highest BCUT2D eigenvalue weighted by Gasteiger charge is 2.55. The Labute approximate surface area is 112 Å². The molecule has 1 aliphatic rings. The lowest BCUT2D eigenvalue weighted by atomic mass is 10.0. The molecule has 0 aliphatic carbocycles. The number of nitrogens with zero attached hydrogens (tertiary/aromatic N) is 1. The Hall–Kier alpha value is -1.47. The highest BCUT2D eigenvalue weighted by atomic mass is 16.6. The van der Waals surface area contributed by atoms with E-state index < -0.39 is 34.3 Å². The lowest BCUT2D eigenvalue weighted by Crippen LogP contribution is -2.60. The summed E-state index contributed by atoms with van der Waals surface area (Å²) in [5.74, 6) is -2.35. The van der Waals surface area contributed by atoms with Gasteiger partial charge in [0.2, 0.25) is 11.9 Å². The molecule has 0 aromatic rings. The first-order valence-corrected chi connectivity index (χ1v) is 6.41. The van der Waals surface area contributed by atoms with Gasteiger partial charge in [0.25, 0.3) is 5.91 Å². The Morgan fingerprint density at radius 2 is 2.00 bits per heavy atom. The molecule has 0 aromatic heterocycles. The van der Waals surface area contributed by atoms with Crippen molar-refractivity contribution in [1.29, 1.82) is 0 Å². The van der Waals surface area contributed by atoms with Gasteiger partial charge in [-0.1, -0.05) is 13.8 Å². The third-order valence-electron chi connectivity index (χ3n) is 3.54. The molecule has 1 aliphatic heterocycles. The first-order valence-electron chi connectivity index (χ1n) is 6.41. The summed E-state index contributed by atoms with van der Waals surface area (Å²) in [5.41, 5.74) is 10.4. The van der Waals surface area contributed by atoms with Crippen molar-refractivity contribution >= 4 is 17.7 Å². The van der Waals surface area contributed by atoms with E-state index in [9.17, 15) is 19.6 Å². The van der Waals surface area contributed by atoms with Crippen LogP contribution in [0.15, 0.2) is 0 Å². The van der Waals surface area contributed by atoms with Crippen LogP contribution in [0.5, 0.6) is 0 Å². The highest BCUT2D eigenvalue weighted by molar-refractivity contribution is 5.85. The summed E-state index contributed by atoms with van der Waals surface area (Å²) < 4.78 is -0.995. The second-order valence-corrected chi connectivity index (χ2v) is 5.59. The fraction of sp³-hybridized carbons (Fsp3) is 0.750. The second-order valence-electron chi connectivity index (χ2n) is 5.59. The van der Waals surface area contributed by atoms with E-state index in [2.05, 4.69) is 0 Å². The summed E-state index contributed by atoms with van der Waals surface area (Å²) in [7, 11) is 0. The normalized spacial score (nSPS) is 28.6. The zero-order valence-electron chi connectivity index (χ0n) is 11.3. The van der Waals surface area contributed by atoms with E-state index in [-0.39, 0.29) is 18.9 Å². The smallest absolute Gasteiger partial charge is 0.350 e. The van der Waals surface area contributed by atoms with Crippen LogP contribution in [-0.4, -0.2) is 40.2 Å². The molecule has 1 fully saturated rings. The van der Waals surface area contributed by atoms with Gasteiger partial charge in [-0.05, 0) is 5.92 Å². The van der Waals surface area contributed by atoms with Crippen LogP contribution in [0, 0.1) is 11.8 Å². The van der Waals surface area contributed by atoms with Crippen LogP contribution >= 0.6 is 0 Å². The first-order chi connectivity index (χ1) is 8.68. The first kappa shape index (κ1) is 15.6. The molecular weight excluding hydrogens is 250 g/mol. The zero-order valence-corrected chi connectivity index (χ0v) is 11.3. The van der Waals surface area contributed by atoms with Crippen molar-refractivity contribution in [2.24, 2.45) is 23.3 Å². The van der Waals surface area contributed by atoms with Gasteiger partial charge in [0.1, 0.15) is 6.54 Å². The maximum Gasteiger partial charge on any atom is 0.350 e. The van der Waals surface area contributed by atoms with Crippen molar-refractivity contribution in [2.75, 3.05) is 6.54 Å². The monoisotopic (exact) mass is 272 g/mol. The number of hydrogen-bond acceptors (Lipinski definition) is 4. The van der Waals surface area contributed by atoms with Gasteiger partial charge in [-0.15, -0.1) is 4.65 Å².